The van der Waals surface area contributed by atoms with Crippen LogP contribution in [-0.2, 0) is 0 Å². The number of pyridine rings is 1. The van der Waals surface area contributed by atoms with Crippen molar-refractivity contribution in [2.75, 3.05) is 0 Å². The lowest BCUT2D eigenvalue weighted by atomic mass is 10.2. The molecule has 2 aromatic rings. The first-order chi connectivity index (χ1) is 8.74. The summed E-state index contributed by atoms with van der Waals surface area (Å²) in [7, 11) is 0. The van der Waals surface area contributed by atoms with E-state index in [1.54, 1.807) is 13.1 Å². The molecule has 2 heterocycles. The van der Waals surface area contributed by atoms with E-state index in [9.17, 15) is 5.11 Å². The van der Waals surface area contributed by atoms with Gasteiger partial charge in [0, 0.05) is 6.20 Å². The van der Waals surface area contributed by atoms with Crippen molar-refractivity contribution in [3.8, 4) is 0 Å². The van der Waals surface area contributed by atoms with E-state index in [1.807, 2.05) is 16.8 Å². The fourth-order valence-electron chi connectivity index (χ4n) is 1.59. The van der Waals surface area contributed by atoms with Crippen molar-refractivity contribution in [1.29, 1.82) is 0 Å². The van der Waals surface area contributed by atoms with Crippen molar-refractivity contribution >= 4 is 11.8 Å². The maximum Gasteiger partial charge on any atom is 0.215 e. The zero-order chi connectivity index (χ0) is 12.5. The number of aliphatic hydroxyl groups is 1. The molecule has 1 N–H and O–H groups in total. The molecule has 1 saturated carbocycles. The molecule has 0 radical (unpaired) electrons. The van der Waals surface area contributed by atoms with E-state index in [0.717, 1.165) is 28.6 Å². The molecule has 1 unspecified atom stereocenters. The number of aromatic nitrogens is 5. The van der Waals surface area contributed by atoms with Crippen LogP contribution in [0, 0.1) is 0 Å². The van der Waals surface area contributed by atoms with Gasteiger partial charge in [-0.2, -0.15) is 0 Å². The Morgan fingerprint density at radius 1 is 1.44 bits per heavy atom. The highest BCUT2D eigenvalue weighted by Crippen LogP contribution is 2.37. The summed E-state index contributed by atoms with van der Waals surface area (Å²) in [5.74, 6) is 0. The Hall–Kier alpha value is -1.47. The average molecular weight is 263 g/mol. The smallest absolute Gasteiger partial charge is 0.215 e. The van der Waals surface area contributed by atoms with Gasteiger partial charge in [0.15, 0.2) is 0 Å². The van der Waals surface area contributed by atoms with Crippen LogP contribution in [0.5, 0.6) is 0 Å². The largest absolute Gasteiger partial charge is 0.389 e. The SMILES string of the molecule is CC(O)c1ccc(Sc2nnnn2C2CC2)nc1. The number of hydrogen-bond acceptors (Lipinski definition) is 6. The van der Waals surface area contributed by atoms with Crippen LogP contribution >= 0.6 is 11.8 Å². The summed E-state index contributed by atoms with van der Waals surface area (Å²) in [4.78, 5) is 4.29. The summed E-state index contributed by atoms with van der Waals surface area (Å²) in [5, 5.41) is 22.7. The van der Waals surface area contributed by atoms with Gasteiger partial charge in [-0.3, -0.25) is 0 Å². The normalized spacial score (nSPS) is 16.8. The van der Waals surface area contributed by atoms with Crippen LogP contribution in [0.1, 0.15) is 37.5 Å². The summed E-state index contributed by atoms with van der Waals surface area (Å²) in [6, 6.07) is 4.20. The van der Waals surface area contributed by atoms with Gasteiger partial charge in [-0.25, -0.2) is 9.67 Å². The van der Waals surface area contributed by atoms with Gasteiger partial charge in [0.05, 0.1) is 12.1 Å². The third-order valence-electron chi connectivity index (χ3n) is 2.79. The van der Waals surface area contributed by atoms with Crippen molar-refractivity contribution in [2.45, 2.75) is 42.1 Å². The predicted octanol–water partition coefficient (Wildman–Crippen LogP) is 1.61. The molecule has 0 amide bonds. The fourth-order valence-corrected chi connectivity index (χ4v) is 2.38. The zero-order valence-electron chi connectivity index (χ0n) is 9.89. The maximum atomic E-state index is 9.41. The summed E-state index contributed by atoms with van der Waals surface area (Å²) < 4.78 is 1.86. The highest BCUT2D eigenvalue weighted by molar-refractivity contribution is 7.99. The Morgan fingerprint density at radius 3 is 2.89 bits per heavy atom. The van der Waals surface area contributed by atoms with Gasteiger partial charge in [-0.15, -0.1) is 5.10 Å². The topological polar surface area (TPSA) is 76.7 Å². The second kappa shape index (κ2) is 4.66. The number of aliphatic hydroxyl groups excluding tert-OH is 1. The lowest BCUT2D eigenvalue weighted by molar-refractivity contribution is 0.198. The van der Waals surface area contributed by atoms with E-state index in [-0.39, 0.29) is 0 Å². The molecule has 18 heavy (non-hydrogen) atoms. The molecule has 0 spiro atoms. The minimum atomic E-state index is -0.492. The van der Waals surface area contributed by atoms with Crippen molar-refractivity contribution in [1.82, 2.24) is 25.2 Å². The van der Waals surface area contributed by atoms with Crippen LogP contribution < -0.4 is 0 Å². The van der Waals surface area contributed by atoms with E-state index >= 15 is 0 Å². The predicted molar refractivity (Wildman–Crippen MR) is 65.1 cm³/mol. The first-order valence-electron chi connectivity index (χ1n) is 5.84. The lowest BCUT2D eigenvalue weighted by Gasteiger charge is -2.05. The number of tetrazole rings is 1. The second-order valence-electron chi connectivity index (χ2n) is 4.35. The van der Waals surface area contributed by atoms with Crippen LogP contribution in [0.4, 0.5) is 0 Å². The number of nitrogens with zero attached hydrogens (tertiary/aromatic N) is 5. The molecule has 0 saturated heterocycles. The molecule has 1 aliphatic carbocycles. The molecule has 0 bridgehead atoms. The van der Waals surface area contributed by atoms with E-state index < -0.39 is 6.10 Å². The molecule has 2 aromatic heterocycles. The Balaban J connectivity index is 1.77. The Labute approximate surface area is 108 Å². The molecular formula is C11H13N5OS. The van der Waals surface area contributed by atoms with Gasteiger partial charge in [0.2, 0.25) is 5.16 Å². The summed E-state index contributed by atoms with van der Waals surface area (Å²) in [6.07, 6.45) is 3.48. The Morgan fingerprint density at radius 2 is 2.28 bits per heavy atom. The molecular weight excluding hydrogens is 250 g/mol. The van der Waals surface area contributed by atoms with Gasteiger partial charge in [0.1, 0.15) is 5.03 Å². The summed E-state index contributed by atoms with van der Waals surface area (Å²) >= 11 is 1.44. The maximum absolute atomic E-state index is 9.41. The van der Waals surface area contributed by atoms with Crippen LogP contribution in [0.15, 0.2) is 28.5 Å². The van der Waals surface area contributed by atoms with Crippen molar-refractivity contribution in [2.24, 2.45) is 0 Å². The first-order valence-corrected chi connectivity index (χ1v) is 6.65. The standard InChI is InChI=1S/C11H13N5OS/c1-7(17)8-2-5-10(12-6-8)18-11-13-14-15-16(11)9-3-4-9/h2,5-7,9,17H,3-4H2,1H3. The molecule has 94 valence electrons. The van der Waals surface area contributed by atoms with Crippen molar-refractivity contribution in [3.05, 3.63) is 23.9 Å². The quantitative estimate of drug-likeness (QED) is 0.903. The second-order valence-corrected chi connectivity index (χ2v) is 5.33. The summed E-state index contributed by atoms with van der Waals surface area (Å²) in [6.45, 7) is 1.72. The van der Waals surface area contributed by atoms with Gasteiger partial charge in [-0.1, -0.05) is 6.07 Å². The van der Waals surface area contributed by atoms with Crippen LogP contribution in [0.3, 0.4) is 0 Å². The fraction of sp³-hybridized carbons (Fsp3) is 0.455. The van der Waals surface area contributed by atoms with Gasteiger partial charge < -0.3 is 5.11 Å². The van der Waals surface area contributed by atoms with Crippen LogP contribution in [0.2, 0.25) is 0 Å². The number of rotatable bonds is 4. The minimum absolute atomic E-state index is 0.458. The minimum Gasteiger partial charge on any atom is -0.389 e. The van der Waals surface area contributed by atoms with Gasteiger partial charge in [-0.05, 0) is 53.6 Å². The Bertz CT molecular complexity index is 535. The van der Waals surface area contributed by atoms with Crippen molar-refractivity contribution in [3.63, 3.8) is 0 Å². The van der Waals surface area contributed by atoms with Crippen LogP contribution in [0.25, 0.3) is 0 Å². The lowest BCUT2D eigenvalue weighted by Crippen LogP contribution is -1.99. The molecule has 1 atom stereocenters. The monoisotopic (exact) mass is 263 g/mol. The van der Waals surface area contributed by atoms with Gasteiger partial charge >= 0.3 is 0 Å². The van der Waals surface area contributed by atoms with E-state index in [0.29, 0.717) is 6.04 Å². The van der Waals surface area contributed by atoms with E-state index in [2.05, 4.69) is 20.5 Å². The molecule has 7 heteroatoms. The zero-order valence-corrected chi connectivity index (χ0v) is 10.7. The number of hydrogen-bond donors (Lipinski definition) is 1. The Kier molecular flexibility index (Phi) is 3.00. The third-order valence-corrected chi connectivity index (χ3v) is 3.69. The highest BCUT2D eigenvalue weighted by Gasteiger charge is 2.28. The highest BCUT2D eigenvalue weighted by atomic mass is 32.2. The molecule has 1 aliphatic rings. The summed E-state index contributed by atoms with van der Waals surface area (Å²) in [5.41, 5.74) is 0.807. The van der Waals surface area contributed by atoms with Gasteiger partial charge in [0.25, 0.3) is 0 Å². The van der Waals surface area contributed by atoms with Crippen molar-refractivity contribution < 1.29 is 5.11 Å². The first kappa shape index (κ1) is 11.6. The molecule has 1 fully saturated rings. The molecule has 0 aromatic carbocycles. The van der Waals surface area contributed by atoms with E-state index in [1.165, 1.54) is 11.8 Å². The average Bonchev–Trinajstić information content (AvgIpc) is 3.11. The van der Waals surface area contributed by atoms with E-state index in [4.69, 9.17) is 0 Å². The molecule has 3 rings (SSSR count). The third kappa shape index (κ3) is 2.37. The molecule has 6 nitrogen and oxygen atoms in total. The molecule has 0 aliphatic heterocycles. The van der Waals surface area contributed by atoms with Crippen LogP contribution in [-0.4, -0.2) is 30.3 Å².